The molecule has 7 heteroatoms. The maximum Gasteiger partial charge on any atom is 0.192 e. The smallest absolute Gasteiger partial charge is 0.192 e. The largest absolute Gasteiger partial charge is 0.487 e. The summed E-state index contributed by atoms with van der Waals surface area (Å²) in [6.07, 6.45) is 1.91. The number of pyridine rings is 1. The van der Waals surface area contributed by atoms with Crippen molar-refractivity contribution in [1.29, 1.82) is 0 Å². The minimum atomic E-state index is -0.0302. The van der Waals surface area contributed by atoms with Gasteiger partial charge in [0.05, 0.1) is 11.2 Å². The third-order valence-electron chi connectivity index (χ3n) is 4.90. The molecule has 0 aliphatic carbocycles. The van der Waals surface area contributed by atoms with Gasteiger partial charge in [-0.3, -0.25) is 0 Å². The molecule has 0 spiro atoms. The Balaban J connectivity index is 1.55. The summed E-state index contributed by atoms with van der Waals surface area (Å²) in [5, 5.41) is 1.72. The summed E-state index contributed by atoms with van der Waals surface area (Å²) in [6, 6.07) is 27.0. The minimum absolute atomic E-state index is 0.0302. The van der Waals surface area contributed by atoms with Crippen LogP contribution in [-0.2, 0) is 6.61 Å². The highest BCUT2D eigenvalue weighted by molar-refractivity contribution is 7.80. The van der Waals surface area contributed by atoms with Crippen LogP contribution in [0, 0.1) is 0 Å². The van der Waals surface area contributed by atoms with E-state index in [0.29, 0.717) is 23.0 Å². The van der Waals surface area contributed by atoms with Gasteiger partial charge in [0.25, 0.3) is 0 Å². The van der Waals surface area contributed by atoms with Crippen LogP contribution in [0.15, 0.2) is 89.9 Å². The van der Waals surface area contributed by atoms with E-state index in [9.17, 15) is 0 Å². The Kier molecular flexibility index (Phi) is 6.98. The van der Waals surface area contributed by atoms with Gasteiger partial charge in [-0.1, -0.05) is 60.1 Å². The van der Waals surface area contributed by atoms with E-state index in [-0.39, 0.29) is 10.9 Å². The van der Waals surface area contributed by atoms with Crippen molar-refractivity contribution >= 4 is 57.3 Å². The topological polar surface area (TPSA) is 86.5 Å². The molecule has 4 aromatic rings. The summed E-state index contributed by atoms with van der Waals surface area (Å²) in [7, 11) is 0. The molecule has 0 radical (unpaired) electrons. The van der Waals surface area contributed by atoms with Crippen molar-refractivity contribution in [1.82, 2.24) is 4.98 Å². The predicted octanol–water partition coefficient (Wildman–Crippen LogP) is 5.61. The van der Waals surface area contributed by atoms with E-state index in [1.807, 2.05) is 91.0 Å². The molecule has 0 atom stereocenters. The quantitative estimate of drug-likeness (QED) is 0.165. The second-order valence-electron chi connectivity index (χ2n) is 7.25. The zero-order valence-corrected chi connectivity index (χ0v) is 19.2. The number of hydrogen-bond acceptors (Lipinski definition) is 3. The van der Waals surface area contributed by atoms with Gasteiger partial charge in [0, 0.05) is 16.0 Å². The van der Waals surface area contributed by atoms with Crippen LogP contribution >= 0.6 is 23.8 Å². The Hall–Kier alpha value is -3.74. The van der Waals surface area contributed by atoms with Gasteiger partial charge in [-0.15, -0.1) is 0 Å². The lowest BCUT2D eigenvalue weighted by Crippen LogP contribution is -2.18. The van der Waals surface area contributed by atoms with Crippen LogP contribution in [0.3, 0.4) is 0 Å². The summed E-state index contributed by atoms with van der Waals surface area (Å²) in [6.45, 7) is 0.364. The van der Waals surface area contributed by atoms with Gasteiger partial charge in [-0.05, 0) is 65.8 Å². The molecule has 0 unspecified atom stereocenters. The summed E-state index contributed by atoms with van der Waals surface area (Å²) in [5.74, 6) is 0.941. The van der Waals surface area contributed by atoms with E-state index in [2.05, 4.69) is 9.98 Å². The molecule has 164 valence electrons. The zero-order chi connectivity index (χ0) is 23.2. The van der Waals surface area contributed by atoms with E-state index >= 15 is 0 Å². The monoisotopic (exact) mass is 472 g/mol. The minimum Gasteiger partial charge on any atom is -0.487 e. The third-order valence-corrected chi connectivity index (χ3v) is 5.24. The zero-order valence-electron chi connectivity index (χ0n) is 17.6. The van der Waals surface area contributed by atoms with Crippen LogP contribution < -0.4 is 16.2 Å². The highest BCUT2D eigenvalue weighted by Crippen LogP contribution is 2.23. The average Bonchev–Trinajstić information content (AvgIpc) is 2.82. The Morgan fingerprint density at radius 1 is 0.939 bits per heavy atom. The number of halogens is 1. The van der Waals surface area contributed by atoms with E-state index in [4.69, 9.17) is 40.0 Å². The molecule has 0 amide bonds. The average molecular weight is 473 g/mol. The summed E-state index contributed by atoms with van der Waals surface area (Å²) in [5.41, 5.74) is 16.0. The SMILES string of the molecule is NC(=S)N=C(N)/C(=C/c1ccc(Cl)cc1)c1ccc(OCc2ccc3ccccc3n2)cc1. The number of nitrogens with two attached hydrogens (primary N) is 2. The van der Waals surface area contributed by atoms with Crippen LogP contribution in [0.5, 0.6) is 5.75 Å². The number of aromatic nitrogens is 1. The van der Waals surface area contributed by atoms with Crippen molar-refractivity contribution in [3.05, 3.63) is 107 Å². The standard InChI is InChI=1S/C26H21ClN4OS/c27-20-10-5-17(6-11-20)15-23(25(28)31-26(29)33)18-8-13-22(14-9-18)32-16-21-12-7-19-3-1-2-4-24(19)30-21/h1-15H,16H2,(H4,28,29,31,33)/b23-15+. The maximum atomic E-state index is 6.20. The molecule has 4 N–H and O–H groups in total. The highest BCUT2D eigenvalue weighted by Gasteiger charge is 2.09. The summed E-state index contributed by atoms with van der Waals surface area (Å²) < 4.78 is 5.93. The number of hydrogen-bond donors (Lipinski definition) is 2. The molecule has 0 aliphatic heterocycles. The number of rotatable bonds is 6. The molecule has 33 heavy (non-hydrogen) atoms. The molecule has 5 nitrogen and oxygen atoms in total. The third kappa shape index (κ3) is 5.94. The first kappa shape index (κ1) is 22.5. The van der Waals surface area contributed by atoms with Gasteiger partial charge in [0.1, 0.15) is 18.2 Å². The molecule has 0 aliphatic rings. The van der Waals surface area contributed by atoms with Gasteiger partial charge >= 0.3 is 0 Å². The van der Waals surface area contributed by atoms with Crippen LogP contribution in [0.1, 0.15) is 16.8 Å². The first-order valence-electron chi connectivity index (χ1n) is 10.2. The molecule has 1 heterocycles. The normalized spacial score (nSPS) is 12.0. The summed E-state index contributed by atoms with van der Waals surface area (Å²) >= 11 is 10.9. The molecule has 0 saturated carbocycles. The molecule has 0 saturated heterocycles. The number of thiocarbonyl (C=S) groups is 1. The van der Waals surface area contributed by atoms with E-state index in [1.54, 1.807) is 0 Å². The van der Waals surface area contributed by atoms with Crippen LogP contribution in [0.2, 0.25) is 5.02 Å². The lowest BCUT2D eigenvalue weighted by molar-refractivity contribution is 0.302. The lowest BCUT2D eigenvalue weighted by Gasteiger charge is -2.11. The van der Waals surface area contributed by atoms with Gasteiger partial charge in [0.15, 0.2) is 5.11 Å². The van der Waals surface area contributed by atoms with Crippen molar-refractivity contribution in [2.75, 3.05) is 0 Å². The van der Waals surface area contributed by atoms with E-state index in [0.717, 1.165) is 27.7 Å². The van der Waals surface area contributed by atoms with Gasteiger partial charge in [0.2, 0.25) is 0 Å². The Morgan fingerprint density at radius 3 is 2.39 bits per heavy atom. The molecule has 4 rings (SSSR count). The van der Waals surface area contributed by atoms with E-state index in [1.165, 1.54) is 0 Å². The first-order chi connectivity index (χ1) is 16.0. The first-order valence-corrected chi connectivity index (χ1v) is 11.0. The molecular weight excluding hydrogens is 452 g/mol. The van der Waals surface area contributed by atoms with Gasteiger partial charge in [-0.25, -0.2) is 9.98 Å². The number of ether oxygens (including phenoxy) is 1. The number of aliphatic imine (C=N–C) groups is 1. The second kappa shape index (κ2) is 10.3. The fourth-order valence-corrected chi connectivity index (χ4v) is 3.51. The maximum absolute atomic E-state index is 6.20. The van der Waals surface area contributed by atoms with Gasteiger partial charge < -0.3 is 16.2 Å². The van der Waals surface area contributed by atoms with Crippen LogP contribution in [0.25, 0.3) is 22.6 Å². The molecular formula is C26H21ClN4OS. The van der Waals surface area contributed by atoms with Crippen molar-refractivity contribution in [2.24, 2.45) is 16.5 Å². The van der Waals surface area contributed by atoms with Gasteiger partial charge in [-0.2, -0.15) is 0 Å². The lowest BCUT2D eigenvalue weighted by atomic mass is 10.0. The Morgan fingerprint density at radius 2 is 1.67 bits per heavy atom. The van der Waals surface area contributed by atoms with Crippen molar-refractivity contribution in [3.8, 4) is 5.75 Å². The summed E-state index contributed by atoms with van der Waals surface area (Å²) in [4.78, 5) is 8.70. The number of nitrogens with zero attached hydrogens (tertiary/aromatic N) is 2. The number of benzene rings is 3. The fourth-order valence-electron chi connectivity index (χ4n) is 3.29. The number of fused-ring (bicyclic) bond motifs is 1. The van der Waals surface area contributed by atoms with Crippen LogP contribution in [-0.4, -0.2) is 15.9 Å². The fraction of sp³-hybridized carbons (Fsp3) is 0.0385. The van der Waals surface area contributed by atoms with Crippen molar-refractivity contribution in [3.63, 3.8) is 0 Å². The Bertz CT molecular complexity index is 1350. The molecule has 3 aromatic carbocycles. The van der Waals surface area contributed by atoms with Crippen LogP contribution in [0.4, 0.5) is 0 Å². The van der Waals surface area contributed by atoms with E-state index < -0.39 is 0 Å². The number of amidine groups is 1. The van der Waals surface area contributed by atoms with Crippen molar-refractivity contribution < 1.29 is 4.74 Å². The van der Waals surface area contributed by atoms with Crippen molar-refractivity contribution in [2.45, 2.75) is 6.61 Å². The second-order valence-corrected chi connectivity index (χ2v) is 8.11. The highest BCUT2D eigenvalue weighted by atomic mass is 35.5. The molecule has 1 aromatic heterocycles. The molecule has 0 bridgehead atoms. The predicted molar refractivity (Wildman–Crippen MR) is 140 cm³/mol. The molecule has 0 fully saturated rings. The number of para-hydroxylation sites is 1. The Labute approximate surface area is 202 Å².